The molecule has 0 saturated heterocycles. The van der Waals surface area contributed by atoms with E-state index in [9.17, 15) is 4.79 Å². The predicted octanol–water partition coefficient (Wildman–Crippen LogP) is 1.35. The fourth-order valence-electron chi connectivity index (χ4n) is 1.99. The third kappa shape index (κ3) is 4.42. The summed E-state index contributed by atoms with van der Waals surface area (Å²) in [4.78, 5) is 12.1. The number of hydrogen-bond acceptors (Lipinski definition) is 4. The fraction of sp³-hybridized carbons (Fsp3) is 0.533. The zero-order valence-electron chi connectivity index (χ0n) is 12.6. The summed E-state index contributed by atoms with van der Waals surface area (Å²) in [6.07, 6.45) is 0.523. The molecule has 0 aliphatic carbocycles. The van der Waals surface area contributed by atoms with Gasteiger partial charge in [-0.25, -0.2) is 0 Å². The number of carbonyl (C=O) groups is 1. The highest BCUT2D eigenvalue weighted by molar-refractivity contribution is 5.79. The summed E-state index contributed by atoms with van der Waals surface area (Å²) in [5.41, 5.74) is 6.64. The zero-order valence-corrected chi connectivity index (χ0v) is 12.6. The van der Waals surface area contributed by atoms with Gasteiger partial charge in [0.2, 0.25) is 5.91 Å². The van der Waals surface area contributed by atoms with Crippen LogP contribution >= 0.6 is 0 Å². The Kier molecular flexibility index (Phi) is 6.31. The molecule has 1 unspecified atom stereocenters. The maximum atomic E-state index is 12.1. The van der Waals surface area contributed by atoms with E-state index in [1.54, 1.807) is 14.2 Å². The summed E-state index contributed by atoms with van der Waals surface area (Å²) in [5, 5.41) is 2.89. The van der Waals surface area contributed by atoms with Crippen molar-refractivity contribution >= 4 is 5.91 Å². The lowest BCUT2D eigenvalue weighted by Crippen LogP contribution is -2.39. The van der Waals surface area contributed by atoms with Crippen LogP contribution in [0.25, 0.3) is 0 Å². The van der Waals surface area contributed by atoms with E-state index in [1.165, 1.54) is 0 Å². The summed E-state index contributed by atoms with van der Waals surface area (Å²) in [7, 11) is 3.22. The van der Waals surface area contributed by atoms with Crippen molar-refractivity contribution < 1.29 is 14.3 Å². The van der Waals surface area contributed by atoms with Gasteiger partial charge in [-0.3, -0.25) is 4.79 Å². The van der Waals surface area contributed by atoms with Gasteiger partial charge in [0.15, 0.2) is 0 Å². The fourth-order valence-corrected chi connectivity index (χ4v) is 1.99. The highest BCUT2D eigenvalue weighted by Crippen LogP contribution is 2.26. The van der Waals surface area contributed by atoms with E-state index in [4.69, 9.17) is 15.2 Å². The average molecular weight is 280 g/mol. The first kappa shape index (κ1) is 16.3. The van der Waals surface area contributed by atoms with E-state index in [-0.39, 0.29) is 17.9 Å². The van der Waals surface area contributed by atoms with Gasteiger partial charge in [0.1, 0.15) is 11.5 Å². The van der Waals surface area contributed by atoms with Crippen molar-refractivity contribution in [3.05, 3.63) is 23.8 Å². The van der Waals surface area contributed by atoms with E-state index in [0.717, 1.165) is 17.1 Å². The summed E-state index contributed by atoms with van der Waals surface area (Å²) < 4.78 is 10.5. The highest BCUT2D eigenvalue weighted by atomic mass is 16.5. The van der Waals surface area contributed by atoms with Gasteiger partial charge in [-0.05, 0) is 44.0 Å². The van der Waals surface area contributed by atoms with Crippen LogP contribution in [0.2, 0.25) is 0 Å². The van der Waals surface area contributed by atoms with Crippen LogP contribution in [0, 0.1) is 5.92 Å². The molecule has 0 spiro atoms. The van der Waals surface area contributed by atoms with E-state index in [1.807, 2.05) is 32.0 Å². The van der Waals surface area contributed by atoms with Crippen LogP contribution in [-0.2, 0) is 11.2 Å². The Morgan fingerprint density at radius 3 is 2.50 bits per heavy atom. The molecule has 1 aromatic carbocycles. The molecule has 5 nitrogen and oxygen atoms in total. The Balaban J connectivity index is 2.90. The molecule has 112 valence electrons. The number of ether oxygens (including phenoxy) is 2. The summed E-state index contributed by atoms with van der Waals surface area (Å²) in [5.74, 6) is 1.16. The van der Waals surface area contributed by atoms with Crippen LogP contribution in [0.4, 0.5) is 0 Å². The minimum Gasteiger partial charge on any atom is -0.497 e. The van der Waals surface area contributed by atoms with Crippen molar-refractivity contribution in [3.8, 4) is 11.5 Å². The first-order valence-electron chi connectivity index (χ1n) is 6.73. The van der Waals surface area contributed by atoms with Crippen LogP contribution in [0.15, 0.2) is 18.2 Å². The van der Waals surface area contributed by atoms with Gasteiger partial charge in [-0.2, -0.15) is 0 Å². The van der Waals surface area contributed by atoms with Crippen LogP contribution in [-0.4, -0.2) is 32.7 Å². The van der Waals surface area contributed by atoms with Crippen LogP contribution in [0.5, 0.6) is 11.5 Å². The second-order valence-corrected chi connectivity index (χ2v) is 4.98. The van der Waals surface area contributed by atoms with Gasteiger partial charge in [-0.15, -0.1) is 0 Å². The van der Waals surface area contributed by atoms with Crippen molar-refractivity contribution in [3.63, 3.8) is 0 Å². The molecule has 1 amide bonds. The third-order valence-corrected chi connectivity index (χ3v) is 3.04. The Bertz CT molecular complexity index is 447. The summed E-state index contributed by atoms with van der Waals surface area (Å²) >= 11 is 0. The largest absolute Gasteiger partial charge is 0.497 e. The first-order chi connectivity index (χ1) is 9.51. The number of hydrogen-bond donors (Lipinski definition) is 2. The van der Waals surface area contributed by atoms with Gasteiger partial charge in [0.05, 0.1) is 20.1 Å². The lowest BCUT2D eigenvalue weighted by Gasteiger charge is -2.18. The standard InChI is InChI=1S/C15H24N2O3/c1-10(2)17-15(18)12(9-16)7-11-8-13(19-3)5-6-14(11)20-4/h5-6,8,10,12H,7,9,16H2,1-4H3,(H,17,18). The summed E-state index contributed by atoms with van der Waals surface area (Å²) in [6, 6.07) is 5.64. The monoisotopic (exact) mass is 280 g/mol. The van der Waals surface area contributed by atoms with Crippen LogP contribution < -0.4 is 20.5 Å². The Morgan fingerprint density at radius 2 is 2.00 bits per heavy atom. The van der Waals surface area contributed by atoms with Crippen molar-refractivity contribution in [2.24, 2.45) is 11.7 Å². The molecule has 20 heavy (non-hydrogen) atoms. The third-order valence-electron chi connectivity index (χ3n) is 3.04. The molecule has 0 aromatic heterocycles. The molecule has 0 aliphatic heterocycles. The zero-order chi connectivity index (χ0) is 15.1. The molecular weight excluding hydrogens is 256 g/mol. The van der Waals surface area contributed by atoms with E-state index in [0.29, 0.717) is 13.0 Å². The number of carbonyl (C=O) groups excluding carboxylic acids is 1. The van der Waals surface area contributed by atoms with Gasteiger partial charge >= 0.3 is 0 Å². The van der Waals surface area contributed by atoms with E-state index >= 15 is 0 Å². The smallest absolute Gasteiger partial charge is 0.224 e. The van der Waals surface area contributed by atoms with Crippen molar-refractivity contribution in [2.75, 3.05) is 20.8 Å². The Morgan fingerprint density at radius 1 is 1.30 bits per heavy atom. The normalized spacial score (nSPS) is 12.1. The SMILES string of the molecule is COc1ccc(OC)c(CC(CN)C(=O)NC(C)C)c1. The molecule has 1 rings (SSSR count). The highest BCUT2D eigenvalue weighted by Gasteiger charge is 2.20. The van der Waals surface area contributed by atoms with Gasteiger partial charge in [-0.1, -0.05) is 0 Å². The molecule has 1 atom stereocenters. The summed E-state index contributed by atoms with van der Waals surface area (Å²) in [6.45, 7) is 4.15. The molecule has 0 heterocycles. The molecule has 0 fully saturated rings. The second-order valence-electron chi connectivity index (χ2n) is 4.98. The molecule has 0 bridgehead atoms. The topological polar surface area (TPSA) is 73.6 Å². The van der Waals surface area contributed by atoms with Gasteiger partial charge < -0.3 is 20.5 Å². The molecule has 1 aromatic rings. The molecule has 3 N–H and O–H groups in total. The lowest BCUT2D eigenvalue weighted by molar-refractivity contribution is -0.125. The quantitative estimate of drug-likeness (QED) is 0.790. The first-order valence-corrected chi connectivity index (χ1v) is 6.73. The minimum atomic E-state index is -0.279. The Labute approximate surface area is 120 Å². The lowest BCUT2D eigenvalue weighted by atomic mass is 9.97. The molecular formula is C15H24N2O3. The number of nitrogens with one attached hydrogen (secondary N) is 1. The molecule has 0 aliphatic rings. The number of methoxy groups -OCH3 is 2. The Hall–Kier alpha value is -1.75. The van der Waals surface area contributed by atoms with E-state index < -0.39 is 0 Å². The van der Waals surface area contributed by atoms with Crippen LogP contribution in [0.3, 0.4) is 0 Å². The maximum absolute atomic E-state index is 12.1. The molecule has 5 heteroatoms. The van der Waals surface area contributed by atoms with E-state index in [2.05, 4.69) is 5.32 Å². The number of rotatable bonds is 7. The predicted molar refractivity (Wildman–Crippen MR) is 79.1 cm³/mol. The van der Waals surface area contributed by atoms with Crippen molar-refractivity contribution in [1.29, 1.82) is 0 Å². The number of amides is 1. The molecule has 0 radical (unpaired) electrons. The minimum absolute atomic E-state index is 0.0348. The molecule has 0 saturated carbocycles. The second kappa shape index (κ2) is 7.75. The van der Waals surface area contributed by atoms with Crippen molar-refractivity contribution in [2.45, 2.75) is 26.3 Å². The van der Waals surface area contributed by atoms with Crippen LogP contribution in [0.1, 0.15) is 19.4 Å². The number of benzene rings is 1. The number of nitrogens with two attached hydrogens (primary N) is 1. The van der Waals surface area contributed by atoms with Gasteiger partial charge in [0, 0.05) is 12.6 Å². The maximum Gasteiger partial charge on any atom is 0.224 e. The average Bonchev–Trinajstić information content (AvgIpc) is 2.43. The van der Waals surface area contributed by atoms with Gasteiger partial charge in [0.25, 0.3) is 0 Å². The van der Waals surface area contributed by atoms with Crippen molar-refractivity contribution in [1.82, 2.24) is 5.32 Å².